The van der Waals surface area contributed by atoms with E-state index in [0.717, 1.165) is 6.42 Å². The molecule has 0 saturated carbocycles. The van der Waals surface area contributed by atoms with Crippen LogP contribution in [0.2, 0.25) is 0 Å². The Labute approximate surface area is 114 Å². The summed E-state index contributed by atoms with van der Waals surface area (Å²) in [6.07, 6.45) is 1.00. The molecule has 0 saturated heterocycles. The summed E-state index contributed by atoms with van der Waals surface area (Å²) in [6.45, 7) is 10.0. The van der Waals surface area contributed by atoms with Crippen LogP contribution in [0.15, 0.2) is 60.7 Å². The summed E-state index contributed by atoms with van der Waals surface area (Å²) >= 11 is 0. The molecule has 2 aromatic carbocycles. The summed E-state index contributed by atoms with van der Waals surface area (Å²) < 4.78 is 7.50. The molecule has 0 aliphatic rings. The van der Waals surface area contributed by atoms with Gasteiger partial charge >= 0.3 is 11.3 Å². The smallest absolute Gasteiger partial charge is 0 e. The van der Waals surface area contributed by atoms with Crippen LogP contribution in [-0.2, 0) is 27.0 Å². The van der Waals surface area contributed by atoms with Crippen molar-refractivity contribution < 1.29 is 27.0 Å². The zero-order chi connectivity index (χ0) is 11.8. The fourth-order valence-corrected chi connectivity index (χ4v) is 0.642. The van der Waals surface area contributed by atoms with E-state index in [-0.39, 0.29) is 22.4 Å². The van der Waals surface area contributed by atoms with Crippen molar-refractivity contribution in [1.29, 1.82) is 0 Å². The van der Waals surface area contributed by atoms with Crippen LogP contribution in [0.1, 0.15) is 13.3 Å². The van der Waals surface area contributed by atoms with Gasteiger partial charge in [0.05, 0.1) is 0 Å². The number of hydrogen-bond donors (Lipinski definition) is 0. The first-order chi connectivity index (χ1) is 7.41. The molecule has 0 bridgehead atoms. The van der Waals surface area contributed by atoms with E-state index < -0.39 is 0 Å². The van der Waals surface area contributed by atoms with E-state index in [1.807, 2.05) is 67.6 Å². The molecular weight excluding hydrogens is 365 g/mol. The van der Waals surface area contributed by atoms with Crippen LogP contribution >= 0.6 is 0 Å². The van der Waals surface area contributed by atoms with Gasteiger partial charge in [0.1, 0.15) is 0 Å². The van der Waals surface area contributed by atoms with E-state index in [2.05, 4.69) is 13.6 Å². The molecule has 16 heavy (non-hydrogen) atoms. The zero-order valence-corrected chi connectivity index (χ0v) is 12.8. The Bertz CT molecular complexity index is 195. The average molecular weight is 382 g/mol. The minimum atomic E-state index is 0. The van der Waals surface area contributed by atoms with Gasteiger partial charge in [-0.1, -0.05) is 6.92 Å². The summed E-state index contributed by atoms with van der Waals surface area (Å²) in [5.41, 5.74) is 0. The molecule has 0 aliphatic carbocycles. The summed E-state index contributed by atoms with van der Waals surface area (Å²) in [5, 5.41) is 0. The molecule has 2 rings (SSSR count). The SMILES string of the molecule is [C-]#[O+].[CH2-]CC.[Ta].c1cc[cH-]c1.c1cc[cH-]c1. The Balaban J connectivity index is -0.000000147. The van der Waals surface area contributed by atoms with Gasteiger partial charge in [0.15, 0.2) is 0 Å². The molecule has 87 valence electrons. The molecule has 0 atom stereocenters. The first kappa shape index (κ1) is 20.6. The third-order valence-electron chi connectivity index (χ3n) is 1.11. The Morgan fingerprint density at radius 3 is 1.19 bits per heavy atom. The Morgan fingerprint density at radius 1 is 0.938 bits per heavy atom. The van der Waals surface area contributed by atoms with Crippen LogP contribution < -0.4 is 0 Å². The van der Waals surface area contributed by atoms with Crippen LogP contribution in [0.4, 0.5) is 0 Å². The van der Waals surface area contributed by atoms with Crippen LogP contribution in [0.3, 0.4) is 0 Å². The van der Waals surface area contributed by atoms with Gasteiger partial charge in [0.25, 0.3) is 0 Å². The maximum atomic E-state index is 7.50. The molecule has 0 aliphatic heterocycles. The molecular formula is C14H17OTa-3. The first-order valence-electron chi connectivity index (χ1n) is 4.74. The molecule has 0 N–H and O–H groups in total. The van der Waals surface area contributed by atoms with E-state index in [0.29, 0.717) is 0 Å². The molecule has 0 spiro atoms. The van der Waals surface area contributed by atoms with Crippen LogP contribution in [0.25, 0.3) is 0 Å². The third kappa shape index (κ3) is 23.2. The normalized spacial score (nSPS) is 6.25. The molecule has 0 fully saturated rings. The molecule has 1 nitrogen and oxygen atoms in total. The zero-order valence-electron chi connectivity index (χ0n) is 9.54. The quantitative estimate of drug-likeness (QED) is 0.485. The number of rotatable bonds is 0. The molecule has 0 amide bonds. The van der Waals surface area contributed by atoms with Crippen molar-refractivity contribution in [3.8, 4) is 0 Å². The van der Waals surface area contributed by atoms with E-state index in [4.69, 9.17) is 4.65 Å². The largest absolute Gasteiger partial charge is 0.344 e. The third-order valence-corrected chi connectivity index (χ3v) is 1.11. The first-order valence-corrected chi connectivity index (χ1v) is 4.74. The van der Waals surface area contributed by atoms with Crippen LogP contribution in [0, 0.1) is 13.6 Å². The fourth-order valence-electron chi connectivity index (χ4n) is 0.642. The predicted octanol–water partition coefficient (Wildman–Crippen LogP) is 4.00. The second-order valence-electron chi connectivity index (χ2n) is 2.42. The van der Waals surface area contributed by atoms with Crippen molar-refractivity contribution in [1.82, 2.24) is 0 Å². The van der Waals surface area contributed by atoms with Gasteiger partial charge in [-0.25, -0.2) is 24.3 Å². The minimum Gasteiger partial charge on any atom is -0.344 e. The molecule has 2 aromatic rings. The van der Waals surface area contributed by atoms with Gasteiger partial charge in [0.2, 0.25) is 0 Å². The van der Waals surface area contributed by atoms with Gasteiger partial charge in [-0.2, -0.15) is 42.8 Å². The molecule has 0 unspecified atom stereocenters. The minimum absolute atomic E-state index is 0. The Hall–Kier alpha value is -0.820. The van der Waals surface area contributed by atoms with Crippen molar-refractivity contribution >= 4 is 0 Å². The van der Waals surface area contributed by atoms with Crippen molar-refractivity contribution in [3.63, 3.8) is 0 Å². The fraction of sp³-hybridized carbons (Fsp3) is 0.143. The topological polar surface area (TPSA) is 19.9 Å². The summed E-state index contributed by atoms with van der Waals surface area (Å²) in [4.78, 5) is 0. The predicted molar refractivity (Wildman–Crippen MR) is 63.6 cm³/mol. The van der Waals surface area contributed by atoms with Crippen LogP contribution in [0.5, 0.6) is 0 Å². The summed E-state index contributed by atoms with van der Waals surface area (Å²) in [6, 6.07) is 20.0. The average Bonchev–Trinajstić information content (AvgIpc) is 3.01. The standard InChI is InChI=1S/2C5H5.C3H7.CO.Ta/c2*1-2-4-5-3-1;1-3-2;1-2;/h2*1-5H;1,3H2,2H3;;/q3*-1;;. The molecule has 1 radical (unpaired) electrons. The monoisotopic (exact) mass is 382 g/mol. The van der Waals surface area contributed by atoms with E-state index in [1.54, 1.807) is 0 Å². The summed E-state index contributed by atoms with van der Waals surface area (Å²) in [7, 11) is 0. The van der Waals surface area contributed by atoms with Gasteiger partial charge in [0, 0.05) is 22.4 Å². The maximum absolute atomic E-state index is 7.50. The van der Waals surface area contributed by atoms with E-state index >= 15 is 0 Å². The van der Waals surface area contributed by atoms with Gasteiger partial charge in [-0.3, -0.25) is 0 Å². The Kier molecular flexibility index (Phi) is 30.6. The van der Waals surface area contributed by atoms with Gasteiger partial charge in [-0.15, -0.1) is 0 Å². The van der Waals surface area contributed by atoms with Crippen molar-refractivity contribution in [2.45, 2.75) is 13.3 Å². The van der Waals surface area contributed by atoms with Gasteiger partial charge in [-0.05, 0) is 0 Å². The summed E-state index contributed by atoms with van der Waals surface area (Å²) in [5.74, 6) is 0. The second-order valence-corrected chi connectivity index (χ2v) is 2.42. The maximum Gasteiger partial charge on any atom is 0 e. The molecule has 2 heteroatoms. The Morgan fingerprint density at radius 2 is 1.12 bits per heavy atom. The van der Waals surface area contributed by atoms with Crippen LogP contribution in [-0.4, -0.2) is 0 Å². The van der Waals surface area contributed by atoms with E-state index in [1.165, 1.54) is 0 Å². The van der Waals surface area contributed by atoms with Gasteiger partial charge < -0.3 is 6.92 Å². The van der Waals surface area contributed by atoms with E-state index in [9.17, 15) is 0 Å². The number of hydrogen-bond acceptors (Lipinski definition) is 0. The van der Waals surface area contributed by atoms with Crippen molar-refractivity contribution in [2.75, 3.05) is 0 Å². The van der Waals surface area contributed by atoms with Crippen molar-refractivity contribution in [3.05, 3.63) is 74.2 Å². The molecule has 0 heterocycles. The molecule has 0 aromatic heterocycles. The van der Waals surface area contributed by atoms with Crippen molar-refractivity contribution in [2.24, 2.45) is 0 Å². The second kappa shape index (κ2) is 23.8.